The summed E-state index contributed by atoms with van der Waals surface area (Å²) in [6, 6.07) is 6.34. The number of benzene rings is 2. The van der Waals surface area contributed by atoms with E-state index in [9.17, 15) is 18.0 Å². The molecule has 5 rings (SSSR count). The molecule has 0 saturated carbocycles. The minimum absolute atomic E-state index is 0.137. The van der Waals surface area contributed by atoms with Gasteiger partial charge in [0.05, 0.1) is 28.5 Å². The van der Waals surface area contributed by atoms with Gasteiger partial charge < -0.3 is 10.3 Å². The van der Waals surface area contributed by atoms with Crippen LogP contribution in [0.3, 0.4) is 0 Å². The van der Waals surface area contributed by atoms with Crippen molar-refractivity contribution in [3.05, 3.63) is 87.6 Å². The van der Waals surface area contributed by atoms with Crippen molar-refractivity contribution in [1.29, 1.82) is 0 Å². The van der Waals surface area contributed by atoms with Gasteiger partial charge in [0, 0.05) is 11.8 Å². The minimum Gasteiger partial charge on any atom is -0.360 e. The number of aromatic nitrogens is 5. The van der Waals surface area contributed by atoms with Crippen molar-refractivity contribution >= 4 is 39.4 Å². The fourth-order valence-electron chi connectivity index (χ4n) is 3.94. The lowest BCUT2D eigenvalue weighted by molar-refractivity contribution is 0.584. The second-order valence-electron chi connectivity index (χ2n) is 7.56. The molecule has 5 aromatic rings. The topological polar surface area (TPSA) is 88.5 Å². The molecule has 0 aliphatic carbocycles. The molecule has 0 radical (unpaired) electrons. The van der Waals surface area contributed by atoms with Crippen LogP contribution in [0.1, 0.15) is 25.1 Å². The third-order valence-corrected chi connectivity index (χ3v) is 5.92. The standard InChI is InChI=1S/C23H16ClF3N6O/c1-2-15(32-22-20-21(29-9-28-20)30-10-31-22)17-7-11-3-5-14(27)19(24)18(11)23(34)33(17)16-8-12(25)4-6-13(16)26/h3-10,15H,2H2,1H3,(H2,28,29,30,31,32)/t15-/m1/s1. The fraction of sp³-hybridized carbons (Fsp3) is 0.130. The van der Waals surface area contributed by atoms with Gasteiger partial charge in [-0.3, -0.25) is 9.36 Å². The molecule has 0 spiro atoms. The van der Waals surface area contributed by atoms with E-state index in [4.69, 9.17) is 11.6 Å². The summed E-state index contributed by atoms with van der Waals surface area (Å²) in [6.07, 6.45) is 3.23. The van der Waals surface area contributed by atoms with E-state index in [2.05, 4.69) is 25.3 Å². The second kappa shape index (κ2) is 8.45. The van der Waals surface area contributed by atoms with Crippen LogP contribution in [0.5, 0.6) is 0 Å². The van der Waals surface area contributed by atoms with Gasteiger partial charge in [-0.2, -0.15) is 0 Å². The zero-order chi connectivity index (χ0) is 24.0. The summed E-state index contributed by atoms with van der Waals surface area (Å²) in [5, 5.41) is 3.06. The summed E-state index contributed by atoms with van der Waals surface area (Å²) in [4.78, 5) is 29.0. The Morgan fingerprint density at radius 2 is 1.88 bits per heavy atom. The Morgan fingerprint density at radius 1 is 1.09 bits per heavy atom. The summed E-state index contributed by atoms with van der Waals surface area (Å²) >= 11 is 6.11. The number of halogens is 4. The van der Waals surface area contributed by atoms with Crippen molar-refractivity contribution in [2.75, 3.05) is 5.32 Å². The Kier molecular flexibility index (Phi) is 5.45. The summed E-state index contributed by atoms with van der Waals surface area (Å²) in [5.41, 5.74) is 0.172. The minimum atomic E-state index is -0.829. The lowest BCUT2D eigenvalue weighted by Gasteiger charge is -2.24. The van der Waals surface area contributed by atoms with E-state index in [1.165, 1.54) is 18.7 Å². The molecule has 3 heterocycles. The Labute approximate surface area is 195 Å². The average molecular weight is 485 g/mol. The van der Waals surface area contributed by atoms with Crippen molar-refractivity contribution in [2.45, 2.75) is 19.4 Å². The molecule has 0 fully saturated rings. The zero-order valence-electron chi connectivity index (χ0n) is 17.6. The molecule has 2 aromatic carbocycles. The van der Waals surface area contributed by atoms with Gasteiger partial charge >= 0.3 is 0 Å². The molecule has 0 bridgehead atoms. The van der Waals surface area contributed by atoms with Gasteiger partial charge in [0.15, 0.2) is 11.5 Å². The molecule has 11 heteroatoms. The number of rotatable bonds is 5. The van der Waals surface area contributed by atoms with Gasteiger partial charge in [-0.1, -0.05) is 24.6 Å². The Hall–Kier alpha value is -3.92. The van der Waals surface area contributed by atoms with Crippen LogP contribution in [0, 0.1) is 17.5 Å². The molecule has 0 aliphatic rings. The van der Waals surface area contributed by atoms with Crippen LogP contribution >= 0.6 is 11.6 Å². The lowest BCUT2D eigenvalue weighted by Crippen LogP contribution is -2.27. The highest BCUT2D eigenvalue weighted by Crippen LogP contribution is 2.31. The maximum atomic E-state index is 14.9. The molecule has 2 N–H and O–H groups in total. The Balaban J connectivity index is 1.79. The third kappa shape index (κ3) is 3.56. The molecule has 7 nitrogen and oxygen atoms in total. The lowest BCUT2D eigenvalue weighted by atomic mass is 10.0. The average Bonchev–Trinajstić information content (AvgIpc) is 3.31. The van der Waals surface area contributed by atoms with E-state index in [-0.39, 0.29) is 11.1 Å². The predicted molar refractivity (Wildman–Crippen MR) is 123 cm³/mol. The molecular formula is C23H16ClF3N6O. The van der Waals surface area contributed by atoms with E-state index >= 15 is 0 Å². The maximum Gasteiger partial charge on any atom is 0.264 e. The predicted octanol–water partition coefficient (Wildman–Crippen LogP) is 5.29. The molecular weight excluding hydrogens is 469 g/mol. The molecule has 1 atom stereocenters. The van der Waals surface area contributed by atoms with Crippen LogP contribution in [0.4, 0.5) is 19.0 Å². The fourth-order valence-corrected chi connectivity index (χ4v) is 4.20. The van der Waals surface area contributed by atoms with Crippen molar-refractivity contribution in [2.24, 2.45) is 0 Å². The van der Waals surface area contributed by atoms with E-state index in [1.54, 1.807) is 6.07 Å². The highest BCUT2D eigenvalue weighted by Gasteiger charge is 2.23. The summed E-state index contributed by atoms with van der Waals surface area (Å²) in [7, 11) is 0. The zero-order valence-corrected chi connectivity index (χ0v) is 18.4. The molecule has 172 valence electrons. The first-order valence-corrected chi connectivity index (χ1v) is 10.7. The number of nitrogens with zero attached hydrogens (tertiary/aromatic N) is 4. The van der Waals surface area contributed by atoms with Crippen molar-refractivity contribution in [1.82, 2.24) is 24.5 Å². The first kappa shape index (κ1) is 21.9. The van der Waals surface area contributed by atoms with Crippen LogP contribution in [-0.4, -0.2) is 24.5 Å². The normalized spacial score (nSPS) is 12.4. The highest BCUT2D eigenvalue weighted by atomic mass is 35.5. The van der Waals surface area contributed by atoms with Crippen LogP contribution in [0.15, 0.2) is 53.8 Å². The molecule has 34 heavy (non-hydrogen) atoms. The van der Waals surface area contributed by atoms with Crippen molar-refractivity contribution in [3.8, 4) is 5.69 Å². The maximum absolute atomic E-state index is 14.9. The number of anilines is 1. The number of pyridine rings is 1. The number of nitrogens with one attached hydrogen (secondary N) is 2. The van der Waals surface area contributed by atoms with Gasteiger partial charge in [-0.05, 0) is 36.1 Å². The number of aromatic amines is 1. The highest BCUT2D eigenvalue weighted by molar-refractivity contribution is 6.35. The van der Waals surface area contributed by atoms with Gasteiger partial charge in [-0.15, -0.1) is 0 Å². The van der Waals surface area contributed by atoms with E-state index in [1.807, 2.05) is 6.92 Å². The van der Waals surface area contributed by atoms with E-state index < -0.39 is 34.1 Å². The van der Waals surface area contributed by atoms with E-state index in [0.29, 0.717) is 34.5 Å². The third-order valence-electron chi connectivity index (χ3n) is 5.55. The second-order valence-corrected chi connectivity index (χ2v) is 7.94. The summed E-state index contributed by atoms with van der Waals surface area (Å²) in [6.45, 7) is 1.85. The molecule has 0 aliphatic heterocycles. The smallest absolute Gasteiger partial charge is 0.264 e. The SMILES string of the molecule is CC[C@@H](Nc1ncnc2nc[nH]c12)c1cc2ccc(F)c(Cl)c2c(=O)n1-c1cc(F)ccc1F. The number of fused-ring (bicyclic) bond motifs is 2. The Bertz CT molecular complexity index is 1620. The van der Waals surface area contributed by atoms with Gasteiger partial charge in [0.2, 0.25) is 0 Å². The summed E-state index contributed by atoms with van der Waals surface area (Å²) in [5.74, 6) is -1.96. The number of hydrogen-bond donors (Lipinski definition) is 2. The number of hydrogen-bond acceptors (Lipinski definition) is 5. The largest absolute Gasteiger partial charge is 0.360 e. The first-order chi connectivity index (χ1) is 16.4. The number of H-pyrrole nitrogens is 1. The van der Waals surface area contributed by atoms with Crippen molar-refractivity contribution < 1.29 is 13.2 Å². The van der Waals surface area contributed by atoms with Crippen LogP contribution in [-0.2, 0) is 0 Å². The molecule has 3 aromatic heterocycles. The van der Waals surface area contributed by atoms with Gasteiger partial charge in [-0.25, -0.2) is 28.1 Å². The van der Waals surface area contributed by atoms with Gasteiger partial charge in [0.25, 0.3) is 5.56 Å². The molecule has 0 unspecified atom stereocenters. The quantitative estimate of drug-likeness (QED) is 0.354. The number of imidazole rings is 1. The first-order valence-electron chi connectivity index (χ1n) is 10.3. The van der Waals surface area contributed by atoms with Crippen molar-refractivity contribution in [3.63, 3.8) is 0 Å². The molecule has 0 saturated heterocycles. The Morgan fingerprint density at radius 3 is 2.68 bits per heavy atom. The van der Waals surface area contributed by atoms with E-state index in [0.717, 1.165) is 28.8 Å². The monoisotopic (exact) mass is 484 g/mol. The van der Waals surface area contributed by atoms with Crippen LogP contribution in [0.25, 0.3) is 27.6 Å². The van der Waals surface area contributed by atoms with Crippen LogP contribution in [0.2, 0.25) is 5.02 Å². The molecule has 0 amide bonds. The van der Waals surface area contributed by atoms with Gasteiger partial charge in [0.1, 0.15) is 29.3 Å². The summed E-state index contributed by atoms with van der Waals surface area (Å²) < 4.78 is 44.2. The van der Waals surface area contributed by atoms with Crippen LogP contribution < -0.4 is 10.9 Å².